The molecule has 4 nitrogen and oxygen atoms in total. The second-order valence-electron chi connectivity index (χ2n) is 3.33. The molecule has 0 aliphatic carbocycles. The first-order chi connectivity index (χ1) is 6.82. The fourth-order valence-electron chi connectivity index (χ4n) is 0.957. The molecule has 83 valence electrons. The van der Waals surface area contributed by atoms with E-state index in [4.69, 9.17) is 5.11 Å². The number of rotatable bonds is 6. The average Bonchev–Trinajstić information content (AvgIpc) is 2.16. The number of carbonyl (C=O) groups excluding carboxylic acids is 2. The van der Waals surface area contributed by atoms with Crippen molar-refractivity contribution in [3.63, 3.8) is 0 Å². The molecule has 0 aromatic carbocycles. The maximum absolute atomic E-state index is 11.5. The summed E-state index contributed by atoms with van der Waals surface area (Å²) in [7, 11) is 0. The molecule has 2 N–H and O–H groups in total. The average molecular weight is 211 g/mol. The van der Waals surface area contributed by atoms with E-state index in [0.29, 0.717) is 0 Å². The van der Waals surface area contributed by atoms with E-state index in [1.165, 1.54) is 13.8 Å². The first-order valence-electron chi connectivity index (χ1n) is 4.39. The quantitative estimate of drug-likeness (QED) is 0.486. The highest BCUT2D eigenvalue weighted by Crippen LogP contribution is 2.17. The van der Waals surface area contributed by atoms with Gasteiger partial charge in [-0.05, 0) is 25.0 Å². The summed E-state index contributed by atoms with van der Waals surface area (Å²) in [6, 6.07) is 0. The summed E-state index contributed by atoms with van der Waals surface area (Å²) in [5, 5.41) is 18.1. The third kappa shape index (κ3) is 3.42. The van der Waals surface area contributed by atoms with Gasteiger partial charge in [0.15, 0.2) is 11.6 Å². The molecule has 0 saturated carbocycles. The van der Waals surface area contributed by atoms with E-state index in [1.54, 1.807) is 0 Å². The molecule has 0 aromatic rings. The molecule has 1 radical (unpaired) electrons. The van der Waals surface area contributed by atoms with Crippen molar-refractivity contribution in [1.82, 2.24) is 0 Å². The monoisotopic (exact) mass is 211 g/mol. The molecule has 0 fully saturated rings. The van der Waals surface area contributed by atoms with Gasteiger partial charge in [0, 0.05) is 0 Å². The van der Waals surface area contributed by atoms with Crippen molar-refractivity contribution in [3.8, 4) is 0 Å². The van der Waals surface area contributed by atoms with E-state index >= 15 is 0 Å². The number of Topliss-reactive ketones (excluding diaryl/α,β-unsaturated/α-hetero) is 2. The van der Waals surface area contributed by atoms with Gasteiger partial charge in [0.25, 0.3) is 0 Å². The van der Waals surface area contributed by atoms with Crippen LogP contribution in [0.1, 0.15) is 13.8 Å². The van der Waals surface area contributed by atoms with Gasteiger partial charge in [-0.25, -0.2) is 0 Å². The van der Waals surface area contributed by atoms with Crippen molar-refractivity contribution >= 4 is 11.6 Å². The van der Waals surface area contributed by atoms with E-state index in [-0.39, 0.29) is 17.1 Å². The molecule has 4 heteroatoms. The van der Waals surface area contributed by atoms with Crippen molar-refractivity contribution in [2.75, 3.05) is 6.61 Å². The summed E-state index contributed by atoms with van der Waals surface area (Å²) in [5.74, 6) is -1.67. The van der Waals surface area contributed by atoms with Crippen LogP contribution in [0, 0.1) is 5.92 Å². The summed E-state index contributed by atoms with van der Waals surface area (Å²) in [5.41, 5.74) is 0.263. The number of allylic oxidation sites excluding steroid dienone is 2. The zero-order valence-electron chi connectivity index (χ0n) is 8.91. The van der Waals surface area contributed by atoms with Crippen LogP contribution in [0.2, 0.25) is 0 Å². The maximum atomic E-state index is 11.5. The van der Waals surface area contributed by atoms with Crippen LogP contribution in [-0.2, 0) is 9.59 Å². The van der Waals surface area contributed by atoms with Crippen LogP contribution in [-0.4, -0.2) is 34.5 Å². The van der Waals surface area contributed by atoms with Crippen LogP contribution in [0.5, 0.6) is 0 Å². The van der Waals surface area contributed by atoms with Gasteiger partial charge in [-0.15, -0.1) is 0 Å². The zero-order valence-corrected chi connectivity index (χ0v) is 8.91. The number of hydrogen-bond acceptors (Lipinski definition) is 4. The summed E-state index contributed by atoms with van der Waals surface area (Å²) in [4.78, 5) is 23.0. The Morgan fingerprint density at radius 1 is 1.13 bits per heavy atom. The van der Waals surface area contributed by atoms with Crippen molar-refractivity contribution < 1.29 is 19.8 Å². The lowest BCUT2D eigenvalue weighted by molar-refractivity contribution is -0.123. The van der Waals surface area contributed by atoms with Gasteiger partial charge >= 0.3 is 0 Å². The van der Waals surface area contributed by atoms with Crippen LogP contribution in [0.25, 0.3) is 0 Å². The van der Waals surface area contributed by atoms with Gasteiger partial charge in [-0.3, -0.25) is 9.59 Å². The molecule has 0 rings (SSSR count). The van der Waals surface area contributed by atoms with Gasteiger partial charge in [0.2, 0.25) is 0 Å². The highest BCUT2D eigenvalue weighted by Gasteiger charge is 2.34. The lowest BCUT2D eigenvalue weighted by atomic mass is 9.87. The van der Waals surface area contributed by atoms with Crippen molar-refractivity contribution in [1.29, 1.82) is 0 Å². The van der Waals surface area contributed by atoms with Crippen LogP contribution >= 0.6 is 0 Å². The van der Waals surface area contributed by atoms with Crippen LogP contribution in [0.3, 0.4) is 0 Å². The summed E-state index contributed by atoms with van der Waals surface area (Å²) in [6.07, 6.45) is -1.49. The Morgan fingerprint density at radius 3 is 1.67 bits per heavy atom. The lowest BCUT2D eigenvalue weighted by Gasteiger charge is -2.17. The topological polar surface area (TPSA) is 74.6 Å². The van der Waals surface area contributed by atoms with Crippen molar-refractivity contribution in [2.45, 2.75) is 20.0 Å². The largest absolute Gasteiger partial charge is 0.394 e. The Hall–Kier alpha value is -1.26. The smallest absolute Gasteiger partial charge is 0.176 e. The number of carbonyl (C=O) groups is 2. The van der Waals surface area contributed by atoms with Crippen LogP contribution in [0.4, 0.5) is 0 Å². The Morgan fingerprint density at radius 2 is 1.47 bits per heavy atom. The first kappa shape index (κ1) is 13.7. The minimum absolute atomic E-state index is 0.132. The normalized spacial score (nSPS) is 12.3. The molecule has 0 amide bonds. The highest BCUT2D eigenvalue weighted by atomic mass is 16.3. The predicted octanol–water partition coefficient (Wildman–Crippen LogP) is 0.204. The molecular weight excluding hydrogens is 196 g/mol. The third-order valence-electron chi connectivity index (χ3n) is 1.77. The molecule has 15 heavy (non-hydrogen) atoms. The Kier molecular flexibility index (Phi) is 5.11. The first-order valence-corrected chi connectivity index (χ1v) is 4.39. The second-order valence-corrected chi connectivity index (χ2v) is 3.33. The van der Waals surface area contributed by atoms with E-state index in [0.717, 1.165) is 0 Å². The molecule has 0 heterocycles. The fourth-order valence-corrected chi connectivity index (χ4v) is 0.957. The Labute approximate surface area is 88.9 Å². The van der Waals surface area contributed by atoms with Gasteiger partial charge in [0.1, 0.15) is 5.92 Å². The summed E-state index contributed by atoms with van der Waals surface area (Å²) in [6.45, 7) is 8.95. The minimum Gasteiger partial charge on any atom is -0.394 e. The maximum Gasteiger partial charge on any atom is 0.176 e. The van der Waals surface area contributed by atoms with Crippen molar-refractivity contribution in [2.24, 2.45) is 0 Å². The molecule has 0 aliphatic heterocycles. The molecule has 0 aliphatic rings. The van der Waals surface area contributed by atoms with Crippen LogP contribution in [0.15, 0.2) is 24.3 Å². The zero-order chi connectivity index (χ0) is 12.2. The van der Waals surface area contributed by atoms with E-state index in [9.17, 15) is 14.7 Å². The Balaban J connectivity index is 5.06. The van der Waals surface area contributed by atoms with E-state index in [2.05, 4.69) is 13.2 Å². The number of ketones is 2. The molecule has 1 unspecified atom stereocenters. The van der Waals surface area contributed by atoms with Gasteiger partial charge in [-0.1, -0.05) is 13.2 Å². The van der Waals surface area contributed by atoms with Gasteiger partial charge in [0.05, 0.1) is 12.7 Å². The van der Waals surface area contributed by atoms with Gasteiger partial charge < -0.3 is 10.2 Å². The standard InChI is InChI=1S/C11H15O4/c1-6(2)10(14)9(8(13)5-12)11(15)7(3)4/h8,12-13H,1,3,5H2,2,4H3. The number of hydrogen-bond donors (Lipinski definition) is 2. The second kappa shape index (κ2) is 5.58. The number of aliphatic hydroxyl groups excluding tert-OH is 2. The van der Waals surface area contributed by atoms with E-state index in [1.807, 2.05) is 0 Å². The van der Waals surface area contributed by atoms with E-state index < -0.39 is 24.3 Å². The fraction of sp³-hybridized carbons (Fsp3) is 0.364. The molecular formula is C11H15O4. The number of aliphatic hydroxyl groups is 2. The lowest BCUT2D eigenvalue weighted by Crippen LogP contribution is -2.36. The molecule has 0 bridgehead atoms. The van der Waals surface area contributed by atoms with Crippen molar-refractivity contribution in [3.05, 3.63) is 30.2 Å². The summed E-state index contributed by atoms with van der Waals surface area (Å²) >= 11 is 0. The summed E-state index contributed by atoms with van der Waals surface area (Å²) < 4.78 is 0. The highest BCUT2D eigenvalue weighted by molar-refractivity contribution is 6.27. The molecule has 0 spiro atoms. The molecule has 1 atom stereocenters. The SMILES string of the molecule is C=C(C)C(=O)[C](C(=O)C(=C)C)C(O)CO. The predicted molar refractivity (Wildman–Crippen MR) is 56.0 cm³/mol. The van der Waals surface area contributed by atoms with Crippen LogP contribution < -0.4 is 0 Å². The van der Waals surface area contributed by atoms with Gasteiger partial charge in [-0.2, -0.15) is 0 Å². The minimum atomic E-state index is -1.49. The third-order valence-corrected chi connectivity index (χ3v) is 1.77. The molecule has 0 aromatic heterocycles. The molecule has 0 saturated heterocycles. The Bertz CT molecular complexity index is 278.